The summed E-state index contributed by atoms with van der Waals surface area (Å²) in [5.41, 5.74) is 0.884. The highest BCUT2D eigenvalue weighted by atomic mass is 35.5. The third-order valence-electron chi connectivity index (χ3n) is 4.13. The van der Waals surface area contributed by atoms with Crippen LogP contribution in [0, 0.1) is 5.82 Å². The van der Waals surface area contributed by atoms with Crippen LogP contribution < -0.4 is 9.47 Å². The summed E-state index contributed by atoms with van der Waals surface area (Å²) in [5, 5.41) is 0.655. The van der Waals surface area contributed by atoms with Crippen LogP contribution in [0.3, 0.4) is 0 Å². The Hall–Kier alpha value is -1.82. The van der Waals surface area contributed by atoms with Gasteiger partial charge in [-0.05, 0) is 37.6 Å². The molecule has 0 aliphatic carbocycles. The zero-order valence-electron chi connectivity index (χ0n) is 14.8. The van der Waals surface area contributed by atoms with Gasteiger partial charge in [0.05, 0.1) is 12.7 Å². The van der Waals surface area contributed by atoms with Crippen molar-refractivity contribution >= 4 is 11.6 Å². The first-order chi connectivity index (χ1) is 12.5. The molecular weight excluding hydrogens is 359 g/mol. The molecule has 3 unspecified atom stereocenters. The van der Waals surface area contributed by atoms with Gasteiger partial charge < -0.3 is 18.9 Å². The Morgan fingerprint density at radius 1 is 1.23 bits per heavy atom. The van der Waals surface area contributed by atoms with Crippen molar-refractivity contribution in [3.05, 3.63) is 58.9 Å². The first kappa shape index (κ1) is 19.0. The Labute approximate surface area is 157 Å². The van der Waals surface area contributed by atoms with Gasteiger partial charge in [-0.1, -0.05) is 30.7 Å². The quantitative estimate of drug-likeness (QED) is 0.665. The van der Waals surface area contributed by atoms with Gasteiger partial charge in [0.1, 0.15) is 18.5 Å². The molecule has 0 amide bonds. The second-order valence-corrected chi connectivity index (χ2v) is 6.65. The Balaban J connectivity index is 1.52. The minimum Gasteiger partial charge on any atom is -0.491 e. The van der Waals surface area contributed by atoms with E-state index in [1.54, 1.807) is 24.3 Å². The molecular formula is C20H22ClFO4. The lowest BCUT2D eigenvalue weighted by Gasteiger charge is -2.15. The van der Waals surface area contributed by atoms with Crippen LogP contribution in [0.15, 0.2) is 42.5 Å². The largest absolute Gasteiger partial charge is 0.491 e. The Morgan fingerprint density at radius 3 is 2.69 bits per heavy atom. The number of halogens is 2. The Bertz CT molecular complexity index is 722. The van der Waals surface area contributed by atoms with E-state index >= 15 is 0 Å². The zero-order chi connectivity index (χ0) is 18.5. The molecule has 1 aliphatic heterocycles. The normalized spacial score (nSPS) is 20.8. The van der Waals surface area contributed by atoms with Crippen LogP contribution in [-0.4, -0.2) is 25.4 Å². The van der Waals surface area contributed by atoms with Crippen LogP contribution in [-0.2, 0) is 9.47 Å². The molecule has 0 saturated carbocycles. The second-order valence-electron chi connectivity index (χ2n) is 6.21. The monoisotopic (exact) mass is 380 g/mol. The Kier molecular flexibility index (Phi) is 6.35. The van der Waals surface area contributed by atoms with Crippen molar-refractivity contribution in [2.24, 2.45) is 0 Å². The van der Waals surface area contributed by atoms with Crippen LogP contribution in [0.4, 0.5) is 4.39 Å². The fraction of sp³-hybridized carbons (Fsp3) is 0.400. The zero-order valence-corrected chi connectivity index (χ0v) is 15.5. The molecule has 2 aromatic carbocycles. The summed E-state index contributed by atoms with van der Waals surface area (Å²) < 4.78 is 36.7. The summed E-state index contributed by atoms with van der Waals surface area (Å²) in [7, 11) is 0. The maximum Gasteiger partial charge on any atom is 0.184 e. The van der Waals surface area contributed by atoms with Gasteiger partial charge in [0, 0.05) is 16.7 Å². The second kappa shape index (κ2) is 8.71. The topological polar surface area (TPSA) is 36.9 Å². The van der Waals surface area contributed by atoms with Crippen molar-refractivity contribution in [2.45, 2.75) is 38.8 Å². The number of benzene rings is 2. The molecule has 1 heterocycles. The maximum atomic E-state index is 14.2. The van der Waals surface area contributed by atoms with Crippen molar-refractivity contribution < 1.29 is 23.3 Å². The molecule has 140 valence electrons. The van der Waals surface area contributed by atoms with Crippen LogP contribution in [0.25, 0.3) is 0 Å². The molecule has 26 heavy (non-hydrogen) atoms. The first-order valence-electron chi connectivity index (χ1n) is 8.66. The molecule has 0 spiro atoms. The van der Waals surface area contributed by atoms with E-state index in [4.69, 9.17) is 30.5 Å². The minimum absolute atomic E-state index is 0.0370. The minimum atomic E-state index is -0.461. The van der Waals surface area contributed by atoms with Gasteiger partial charge in [-0.3, -0.25) is 0 Å². The van der Waals surface area contributed by atoms with Crippen LogP contribution in [0.1, 0.15) is 32.1 Å². The fourth-order valence-electron chi connectivity index (χ4n) is 2.50. The smallest absolute Gasteiger partial charge is 0.184 e. The number of rotatable bonds is 7. The highest BCUT2D eigenvalue weighted by molar-refractivity contribution is 6.30. The SMILES string of the molecule is CCC(C)Oc1ccc(OCC2COC(c3ccc(Cl)cc3)O2)c(F)c1. The van der Waals surface area contributed by atoms with E-state index in [-0.39, 0.29) is 24.6 Å². The molecule has 0 radical (unpaired) electrons. The molecule has 1 saturated heterocycles. The van der Waals surface area contributed by atoms with E-state index in [1.165, 1.54) is 6.07 Å². The molecule has 0 N–H and O–H groups in total. The summed E-state index contributed by atoms with van der Waals surface area (Å²) in [4.78, 5) is 0. The molecule has 0 bridgehead atoms. The van der Waals surface area contributed by atoms with E-state index in [0.29, 0.717) is 17.4 Å². The molecule has 4 nitrogen and oxygen atoms in total. The van der Waals surface area contributed by atoms with Gasteiger partial charge >= 0.3 is 0 Å². The van der Waals surface area contributed by atoms with E-state index < -0.39 is 12.1 Å². The highest BCUT2D eigenvalue weighted by Crippen LogP contribution is 2.29. The summed E-state index contributed by atoms with van der Waals surface area (Å²) >= 11 is 5.88. The lowest BCUT2D eigenvalue weighted by atomic mass is 10.2. The fourth-order valence-corrected chi connectivity index (χ4v) is 2.63. The number of hydrogen-bond acceptors (Lipinski definition) is 4. The molecule has 6 heteroatoms. The van der Waals surface area contributed by atoms with Crippen LogP contribution in [0.2, 0.25) is 5.02 Å². The van der Waals surface area contributed by atoms with E-state index in [0.717, 1.165) is 12.0 Å². The summed E-state index contributed by atoms with van der Waals surface area (Å²) in [6.07, 6.45) is 0.159. The van der Waals surface area contributed by atoms with Gasteiger partial charge in [0.2, 0.25) is 0 Å². The lowest BCUT2D eigenvalue weighted by Crippen LogP contribution is -2.20. The van der Waals surface area contributed by atoms with Gasteiger partial charge in [0.25, 0.3) is 0 Å². The standard InChI is InChI=1S/C20H22ClFO4/c1-3-13(2)25-16-8-9-19(18(22)10-16)23-11-17-12-24-20(26-17)14-4-6-15(21)7-5-14/h4-10,13,17,20H,3,11-12H2,1-2H3. The predicted octanol–water partition coefficient (Wildman–Crippen LogP) is 5.15. The molecule has 1 aliphatic rings. The summed E-state index contributed by atoms with van der Waals surface area (Å²) in [5.74, 6) is 0.200. The number of ether oxygens (including phenoxy) is 4. The molecule has 3 rings (SSSR count). The summed E-state index contributed by atoms with van der Waals surface area (Å²) in [6, 6.07) is 11.9. The van der Waals surface area contributed by atoms with Gasteiger partial charge in [-0.2, -0.15) is 0 Å². The van der Waals surface area contributed by atoms with E-state index in [1.807, 2.05) is 26.0 Å². The molecule has 3 atom stereocenters. The average Bonchev–Trinajstić information content (AvgIpc) is 3.10. The lowest BCUT2D eigenvalue weighted by molar-refractivity contribution is -0.0660. The van der Waals surface area contributed by atoms with Gasteiger partial charge in [-0.15, -0.1) is 0 Å². The Morgan fingerprint density at radius 2 is 2.00 bits per heavy atom. The van der Waals surface area contributed by atoms with Crippen molar-refractivity contribution in [1.82, 2.24) is 0 Å². The van der Waals surface area contributed by atoms with Crippen molar-refractivity contribution in [3.8, 4) is 11.5 Å². The maximum absolute atomic E-state index is 14.2. The van der Waals surface area contributed by atoms with Gasteiger partial charge in [0.15, 0.2) is 17.9 Å². The van der Waals surface area contributed by atoms with Gasteiger partial charge in [-0.25, -0.2) is 4.39 Å². The third kappa shape index (κ3) is 4.87. The highest BCUT2D eigenvalue weighted by Gasteiger charge is 2.28. The predicted molar refractivity (Wildman–Crippen MR) is 97.3 cm³/mol. The van der Waals surface area contributed by atoms with Crippen molar-refractivity contribution in [3.63, 3.8) is 0 Å². The molecule has 1 fully saturated rings. The van der Waals surface area contributed by atoms with E-state index in [2.05, 4.69) is 0 Å². The third-order valence-corrected chi connectivity index (χ3v) is 4.38. The van der Waals surface area contributed by atoms with Crippen molar-refractivity contribution in [1.29, 1.82) is 0 Å². The van der Waals surface area contributed by atoms with Crippen LogP contribution >= 0.6 is 11.6 Å². The number of hydrogen-bond donors (Lipinski definition) is 0. The van der Waals surface area contributed by atoms with Crippen molar-refractivity contribution in [2.75, 3.05) is 13.2 Å². The molecule has 0 aromatic heterocycles. The average molecular weight is 381 g/mol. The first-order valence-corrected chi connectivity index (χ1v) is 9.04. The summed E-state index contributed by atoms with van der Waals surface area (Å²) in [6.45, 7) is 4.53. The molecule has 2 aromatic rings. The van der Waals surface area contributed by atoms with E-state index in [9.17, 15) is 4.39 Å². The van der Waals surface area contributed by atoms with Crippen LogP contribution in [0.5, 0.6) is 11.5 Å².